The fourth-order valence-electron chi connectivity index (χ4n) is 2.89. The number of methoxy groups -OCH3 is 1. The van der Waals surface area contributed by atoms with Crippen molar-refractivity contribution in [2.75, 3.05) is 7.11 Å². The number of hydrogen-bond acceptors (Lipinski definition) is 2. The Bertz CT molecular complexity index is 448. The van der Waals surface area contributed by atoms with E-state index in [9.17, 15) is 4.79 Å². The summed E-state index contributed by atoms with van der Waals surface area (Å²) in [5.74, 6) is 1.06. The van der Waals surface area contributed by atoms with Crippen molar-refractivity contribution in [1.29, 1.82) is 0 Å². The zero-order valence-electron chi connectivity index (χ0n) is 11.0. The summed E-state index contributed by atoms with van der Waals surface area (Å²) < 4.78 is 6.00. The second-order valence-electron chi connectivity index (χ2n) is 5.02. The molecular formula is C15H19BrO2. The Labute approximate surface area is 117 Å². The van der Waals surface area contributed by atoms with Crippen molar-refractivity contribution in [3.05, 3.63) is 28.2 Å². The summed E-state index contributed by atoms with van der Waals surface area (Å²) in [5, 5.41) is 0. The minimum Gasteiger partial charge on any atom is -0.497 e. The number of hydrogen-bond donors (Lipinski definition) is 0. The highest BCUT2D eigenvalue weighted by Crippen LogP contribution is 2.44. The molecule has 0 N–H and O–H groups in total. The maximum Gasteiger partial charge on any atom is 0.170 e. The first-order chi connectivity index (χ1) is 8.63. The fraction of sp³-hybridized carbons (Fsp3) is 0.533. The lowest BCUT2D eigenvalue weighted by atomic mass is 9.76. The van der Waals surface area contributed by atoms with E-state index < -0.39 is 0 Å². The van der Waals surface area contributed by atoms with Crippen molar-refractivity contribution in [3.63, 3.8) is 0 Å². The average molecular weight is 311 g/mol. The molecular weight excluding hydrogens is 292 g/mol. The van der Waals surface area contributed by atoms with Gasteiger partial charge in [-0.15, -0.1) is 0 Å². The van der Waals surface area contributed by atoms with E-state index in [4.69, 9.17) is 4.74 Å². The van der Waals surface area contributed by atoms with Gasteiger partial charge in [0.25, 0.3) is 0 Å². The molecule has 0 spiro atoms. The molecule has 18 heavy (non-hydrogen) atoms. The van der Waals surface area contributed by atoms with Crippen LogP contribution in [0.5, 0.6) is 5.75 Å². The van der Waals surface area contributed by atoms with Crippen LogP contribution in [0.2, 0.25) is 0 Å². The second kappa shape index (κ2) is 5.43. The first kappa shape index (κ1) is 13.6. The van der Waals surface area contributed by atoms with Crippen LogP contribution in [-0.4, -0.2) is 12.9 Å². The summed E-state index contributed by atoms with van der Waals surface area (Å²) >= 11 is 3.49. The zero-order chi connectivity index (χ0) is 13.2. The van der Waals surface area contributed by atoms with Gasteiger partial charge in [0.15, 0.2) is 5.78 Å². The third-order valence-corrected chi connectivity index (χ3v) is 4.80. The first-order valence-electron chi connectivity index (χ1n) is 6.51. The fourth-order valence-corrected chi connectivity index (χ4v) is 3.42. The standard InChI is InChI=1S/C15H19BrO2/c1-3-15(8-4-5-9-15)14(17)12-7-6-11(18-2)10-13(12)16/h6-7,10H,3-5,8-9H2,1-2H3. The van der Waals surface area contributed by atoms with Gasteiger partial charge in [-0.05, 0) is 53.4 Å². The molecule has 2 rings (SSSR count). The quantitative estimate of drug-likeness (QED) is 0.759. The van der Waals surface area contributed by atoms with E-state index in [1.807, 2.05) is 18.2 Å². The number of ketones is 1. The van der Waals surface area contributed by atoms with E-state index in [1.165, 1.54) is 12.8 Å². The van der Waals surface area contributed by atoms with Gasteiger partial charge in [-0.1, -0.05) is 19.8 Å². The Kier molecular flexibility index (Phi) is 4.10. The van der Waals surface area contributed by atoms with Gasteiger partial charge >= 0.3 is 0 Å². The Morgan fingerprint density at radius 2 is 2.06 bits per heavy atom. The molecule has 0 bridgehead atoms. The highest BCUT2D eigenvalue weighted by molar-refractivity contribution is 9.10. The number of benzene rings is 1. The molecule has 2 nitrogen and oxygen atoms in total. The van der Waals surface area contributed by atoms with Crippen LogP contribution in [0, 0.1) is 5.41 Å². The third-order valence-electron chi connectivity index (χ3n) is 4.14. The van der Waals surface area contributed by atoms with Gasteiger partial charge in [0.1, 0.15) is 5.75 Å². The highest BCUT2D eigenvalue weighted by atomic mass is 79.9. The molecule has 3 heteroatoms. The molecule has 1 fully saturated rings. The van der Waals surface area contributed by atoms with Crippen LogP contribution in [0.1, 0.15) is 49.4 Å². The van der Waals surface area contributed by atoms with Gasteiger partial charge < -0.3 is 4.74 Å². The molecule has 0 aliphatic heterocycles. The SMILES string of the molecule is CCC1(C(=O)c2ccc(OC)cc2Br)CCCC1. The zero-order valence-corrected chi connectivity index (χ0v) is 12.5. The minimum absolute atomic E-state index is 0.128. The molecule has 1 saturated carbocycles. The van der Waals surface area contributed by atoms with Crippen molar-refractivity contribution in [1.82, 2.24) is 0 Å². The number of halogens is 1. The maximum absolute atomic E-state index is 12.7. The Balaban J connectivity index is 2.33. The molecule has 0 radical (unpaired) electrons. The molecule has 0 saturated heterocycles. The van der Waals surface area contributed by atoms with E-state index in [2.05, 4.69) is 22.9 Å². The molecule has 0 atom stereocenters. The predicted octanol–water partition coefficient (Wildman–Crippen LogP) is 4.61. The summed E-state index contributed by atoms with van der Waals surface area (Å²) in [4.78, 5) is 12.7. The van der Waals surface area contributed by atoms with Crippen molar-refractivity contribution in [2.45, 2.75) is 39.0 Å². The summed E-state index contributed by atoms with van der Waals surface area (Å²) in [6.07, 6.45) is 5.34. The normalized spacial score (nSPS) is 17.7. The summed E-state index contributed by atoms with van der Waals surface area (Å²) in [6.45, 7) is 2.13. The van der Waals surface area contributed by atoms with Crippen LogP contribution in [0.15, 0.2) is 22.7 Å². The van der Waals surface area contributed by atoms with Crippen LogP contribution in [-0.2, 0) is 0 Å². The molecule has 1 aromatic carbocycles. The molecule has 0 amide bonds. The van der Waals surface area contributed by atoms with Gasteiger partial charge in [0, 0.05) is 15.5 Å². The van der Waals surface area contributed by atoms with Gasteiger partial charge in [-0.2, -0.15) is 0 Å². The molecule has 0 heterocycles. The molecule has 98 valence electrons. The summed E-state index contributed by atoms with van der Waals surface area (Å²) in [6, 6.07) is 5.60. The van der Waals surface area contributed by atoms with Crippen LogP contribution in [0.25, 0.3) is 0 Å². The van der Waals surface area contributed by atoms with Crippen molar-refractivity contribution in [3.8, 4) is 5.75 Å². The van der Waals surface area contributed by atoms with Crippen LogP contribution in [0.3, 0.4) is 0 Å². The van der Waals surface area contributed by atoms with E-state index >= 15 is 0 Å². The lowest BCUT2D eigenvalue weighted by Crippen LogP contribution is -2.27. The van der Waals surface area contributed by atoms with Crippen LogP contribution in [0.4, 0.5) is 0 Å². The lowest BCUT2D eigenvalue weighted by Gasteiger charge is -2.26. The van der Waals surface area contributed by atoms with Gasteiger partial charge in [-0.25, -0.2) is 0 Å². The molecule has 0 unspecified atom stereocenters. The monoisotopic (exact) mass is 310 g/mol. The Hall–Kier alpha value is -0.830. The molecule has 1 aliphatic rings. The smallest absolute Gasteiger partial charge is 0.170 e. The van der Waals surface area contributed by atoms with Crippen molar-refractivity contribution >= 4 is 21.7 Å². The Morgan fingerprint density at radius 1 is 1.39 bits per heavy atom. The van der Waals surface area contributed by atoms with Crippen molar-refractivity contribution in [2.24, 2.45) is 5.41 Å². The molecule has 1 aromatic rings. The molecule has 0 aromatic heterocycles. The van der Waals surface area contributed by atoms with E-state index in [0.29, 0.717) is 0 Å². The van der Waals surface area contributed by atoms with E-state index in [0.717, 1.165) is 35.0 Å². The van der Waals surface area contributed by atoms with E-state index in [1.54, 1.807) is 7.11 Å². The van der Waals surface area contributed by atoms with E-state index in [-0.39, 0.29) is 11.2 Å². The topological polar surface area (TPSA) is 26.3 Å². The largest absolute Gasteiger partial charge is 0.497 e. The molecule has 1 aliphatic carbocycles. The van der Waals surface area contributed by atoms with Crippen molar-refractivity contribution < 1.29 is 9.53 Å². The van der Waals surface area contributed by atoms with Crippen LogP contribution < -0.4 is 4.74 Å². The number of carbonyl (C=O) groups excluding carboxylic acids is 1. The number of carbonyl (C=O) groups is 1. The third kappa shape index (κ3) is 2.33. The first-order valence-corrected chi connectivity index (χ1v) is 7.30. The minimum atomic E-state index is -0.128. The number of ether oxygens (including phenoxy) is 1. The Morgan fingerprint density at radius 3 is 2.56 bits per heavy atom. The maximum atomic E-state index is 12.7. The average Bonchev–Trinajstić information content (AvgIpc) is 2.87. The lowest BCUT2D eigenvalue weighted by molar-refractivity contribution is 0.0790. The highest BCUT2D eigenvalue weighted by Gasteiger charge is 2.40. The summed E-state index contributed by atoms with van der Waals surface area (Å²) in [5.41, 5.74) is 0.663. The summed E-state index contributed by atoms with van der Waals surface area (Å²) in [7, 11) is 1.63. The predicted molar refractivity (Wildman–Crippen MR) is 76.2 cm³/mol. The van der Waals surface area contributed by atoms with Gasteiger partial charge in [0.2, 0.25) is 0 Å². The van der Waals surface area contributed by atoms with Gasteiger partial charge in [-0.3, -0.25) is 4.79 Å². The number of Topliss-reactive ketones (excluding diaryl/α,β-unsaturated/α-hetero) is 1. The number of rotatable bonds is 4. The van der Waals surface area contributed by atoms with Crippen LogP contribution >= 0.6 is 15.9 Å². The van der Waals surface area contributed by atoms with Gasteiger partial charge in [0.05, 0.1) is 7.11 Å². The second-order valence-corrected chi connectivity index (χ2v) is 5.87.